The summed E-state index contributed by atoms with van der Waals surface area (Å²) in [5, 5.41) is 5.00. The number of benzene rings is 14. The van der Waals surface area contributed by atoms with Gasteiger partial charge in [0.1, 0.15) is 0 Å². The van der Waals surface area contributed by atoms with E-state index in [0.717, 1.165) is 0 Å². The molecule has 2 spiro atoms. The summed E-state index contributed by atoms with van der Waals surface area (Å²) < 4.78 is 4.77. The average Bonchev–Trinajstić information content (AvgIpc) is 1.52. The lowest BCUT2D eigenvalue weighted by molar-refractivity contribution is 0.792. The molecule has 0 aliphatic heterocycles. The maximum absolute atomic E-state index is 2.55. The molecule has 2 heterocycles. The molecule has 4 aliphatic rings. The maximum atomic E-state index is 2.55. The summed E-state index contributed by atoms with van der Waals surface area (Å²) in [5.41, 5.74) is 34.2. The molecular weight excluding hydrogens is 1110 g/mol. The first-order valence-corrected chi connectivity index (χ1v) is 32.1. The van der Waals surface area contributed by atoms with Gasteiger partial charge in [-0.2, -0.15) is 0 Å². The summed E-state index contributed by atoms with van der Waals surface area (Å²) in [7, 11) is 0. The highest BCUT2D eigenvalue weighted by Gasteiger charge is 2.53. The Balaban J connectivity index is 0.712. The van der Waals surface area contributed by atoms with Crippen molar-refractivity contribution in [3.05, 3.63) is 382 Å². The van der Waals surface area contributed by atoms with Crippen LogP contribution in [0.2, 0.25) is 0 Å². The number of para-hydroxylation sites is 4. The highest BCUT2D eigenvalue weighted by molar-refractivity contribution is 6.11. The number of aromatic nitrogens is 2. The second-order valence-electron chi connectivity index (χ2n) is 25.4. The van der Waals surface area contributed by atoms with E-state index in [0.29, 0.717) is 0 Å². The minimum atomic E-state index is -0.538. The van der Waals surface area contributed by atoms with E-state index in [4.69, 9.17) is 0 Å². The van der Waals surface area contributed by atoms with Crippen LogP contribution in [0.15, 0.2) is 315 Å². The molecule has 426 valence electrons. The molecule has 20 rings (SSSR count). The highest BCUT2D eigenvalue weighted by atomic mass is 15.0. The van der Waals surface area contributed by atoms with Crippen LogP contribution in [0.5, 0.6) is 0 Å². The van der Waals surface area contributed by atoms with Gasteiger partial charge in [-0.05, 0) is 207 Å². The molecule has 0 fully saturated rings. The van der Waals surface area contributed by atoms with Gasteiger partial charge in [0.2, 0.25) is 0 Å². The topological polar surface area (TPSA) is 9.86 Å². The molecule has 0 bridgehead atoms. The third-order valence-corrected chi connectivity index (χ3v) is 20.9. The number of hydrogen-bond acceptors (Lipinski definition) is 0. The Bertz CT molecular complexity index is 5430. The van der Waals surface area contributed by atoms with E-state index in [9.17, 15) is 0 Å². The first-order chi connectivity index (χ1) is 45.6. The normalized spacial score (nSPS) is 14.0. The second kappa shape index (κ2) is 19.3. The molecule has 92 heavy (non-hydrogen) atoms. The maximum Gasteiger partial charge on any atom is 0.0725 e. The van der Waals surface area contributed by atoms with Crippen molar-refractivity contribution in [1.29, 1.82) is 0 Å². The van der Waals surface area contributed by atoms with Crippen LogP contribution >= 0.6 is 0 Å². The molecule has 0 saturated carbocycles. The Kier molecular flexibility index (Phi) is 10.7. The lowest BCUT2D eigenvalue weighted by Crippen LogP contribution is -2.26. The van der Waals surface area contributed by atoms with E-state index in [1.807, 2.05) is 0 Å². The largest absolute Gasteiger partial charge is 0.309 e. The SMILES string of the molecule is C(=Cc1ccc2c(c1)c1ccccc1n2-c1ccccc1)c1ccc2c(c1)C1(c3ccccc3-c3ccccc31)c1cc(-c3ccc4c(c3)C3(c5ccccc5-c5ccccc53)c3cc(C=Cc5ccc6c(c5)c5ccccc5n6-c5ccccc5)ccc3-4)ccc1-2. The smallest absolute Gasteiger partial charge is 0.0725 e. The number of fused-ring (bicyclic) bond motifs is 26. The summed E-state index contributed by atoms with van der Waals surface area (Å²) in [4.78, 5) is 0. The van der Waals surface area contributed by atoms with Crippen molar-refractivity contribution in [2.45, 2.75) is 10.8 Å². The van der Waals surface area contributed by atoms with E-state index in [1.165, 1.54) is 177 Å². The lowest BCUT2D eigenvalue weighted by Gasteiger charge is -2.31. The Labute approximate surface area is 533 Å². The van der Waals surface area contributed by atoms with Crippen LogP contribution in [0, 0.1) is 0 Å². The zero-order chi connectivity index (χ0) is 60.2. The minimum absolute atomic E-state index is 0.538. The van der Waals surface area contributed by atoms with Gasteiger partial charge in [0.15, 0.2) is 0 Å². The molecule has 0 amide bonds. The summed E-state index contributed by atoms with van der Waals surface area (Å²) in [6.07, 6.45) is 9.23. The fourth-order valence-corrected chi connectivity index (χ4v) is 17.2. The molecule has 0 unspecified atom stereocenters. The predicted octanol–water partition coefficient (Wildman–Crippen LogP) is 22.6. The molecule has 0 N–H and O–H groups in total. The van der Waals surface area contributed by atoms with E-state index in [1.54, 1.807) is 0 Å². The van der Waals surface area contributed by atoms with Crippen molar-refractivity contribution < 1.29 is 0 Å². The van der Waals surface area contributed by atoms with Crippen molar-refractivity contribution in [2.75, 3.05) is 0 Å². The lowest BCUT2D eigenvalue weighted by atomic mass is 9.69. The minimum Gasteiger partial charge on any atom is -0.309 e. The zero-order valence-corrected chi connectivity index (χ0v) is 50.2. The highest BCUT2D eigenvalue weighted by Crippen LogP contribution is 2.65. The standard InChI is InChI=1S/C90H56N2/c1-3-19-63(20-4-1)91-85-33-17-11-27-73(85)75-51-57(41-49-87(75)91)35-37-59-39-45-69-71-47-43-61(55-83(71)89(81(69)53-59)77-29-13-7-23-65(77)66-24-8-14-30-78(66)89)62-44-48-72-70-46-40-60(54-82(70)90(84(72)56-62)79-31-15-9-25-67(79)68-26-10-16-32-80(68)90)38-36-58-42-50-88-76(52-58)74-28-12-18-34-86(74)92(88)64-21-5-2-6-22-64/h1-56H. The molecule has 2 heteroatoms. The number of rotatable bonds is 7. The van der Waals surface area contributed by atoms with Crippen LogP contribution in [0.3, 0.4) is 0 Å². The first kappa shape index (κ1) is 51.1. The molecular formula is C90H56N2. The zero-order valence-electron chi connectivity index (χ0n) is 50.2. The van der Waals surface area contributed by atoms with Crippen LogP contribution in [0.25, 0.3) is 135 Å². The van der Waals surface area contributed by atoms with E-state index in [-0.39, 0.29) is 0 Å². The van der Waals surface area contributed by atoms with E-state index in [2.05, 4.69) is 349 Å². The van der Waals surface area contributed by atoms with Crippen molar-refractivity contribution in [1.82, 2.24) is 9.13 Å². The monoisotopic (exact) mass is 1160 g/mol. The second-order valence-corrected chi connectivity index (χ2v) is 25.4. The van der Waals surface area contributed by atoms with Gasteiger partial charge in [0.05, 0.1) is 32.9 Å². The summed E-state index contributed by atoms with van der Waals surface area (Å²) in [5.74, 6) is 0. The molecule has 16 aromatic rings. The fraction of sp³-hybridized carbons (Fsp3) is 0.0222. The van der Waals surface area contributed by atoms with Gasteiger partial charge < -0.3 is 9.13 Å². The Morgan fingerprint density at radius 3 is 0.870 bits per heavy atom. The van der Waals surface area contributed by atoms with Gasteiger partial charge in [0, 0.05) is 32.9 Å². The van der Waals surface area contributed by atoms with Gasteiger partial charge in [-0.25, -0.2) is 0 Å². The van der Waals surface area contributed by atoms with Gasteiger partial charge >= 0.3 is 0 Å². The average molecular weight is 1170 g/mol. The first-order valence-electron chi connectivity index (χ1n) is 32.1. The number of hydrogen-bond donors (Lipinski definition) is 0. The van der Waals surface area contributed by atoms with Crippen LogP contribution in [-0.4, -0.2) is 9.13 Å². The summed E-state index contributed by atoms with van der Waals surface area (Å²) >= 11 is 0. The molecule has 2 nitrogen and oxygen atoms in total. The summed E-state index contributed by atoms with van der Waals surface area (Å²) in [6, 6.07) is 119. The Morgan fingerprint density at radius 1 is 0.196 bits per heavy atom. The van der Waals surface area contributed by atoms with Crippen molar-refractivity contribution in [3.8, 4) is 67.0 Å². The molecule has 4 aliphatic carbocycles. The number of nitrogens with zero attached hydrogens (tertiary/aromatic N) is 2. The molecule has 14 aromatic carbocycles. The van der Waals surface area contributed by atoms with Gasteiger partial charge in [-0.15, -0.1) is 0 Å². The van der Waals surface area contributed by atoms with Gasteiger partial charge in [0.25, 0.3) is 0 Å². The third kappa shape index (κ3) is 6.98. The van der Waals surface area contributed by atoms with Crippen molar-refractivity contribution in [3.63, 3.8) is 0 Å². The van der Waals surface area contributed by atoms with Crippen molar-refractivity contribution in [2.24, 2.45) is 0 Å². The van der Waals surface area contributed by atoms with Gasteiger partial charge in [-0.3, -0.25) is 0 Å². The van der Waals surface area contributed by atoms with Crippen LogP contribution in [0.1, 0.15) is 66.8 Å². The van der Waals surface area contributed by atoms with Crippen LogP contribution < -0.4 is 0 Å². The van der Waals surface area contributed by atoms with E-state index < -0.39 is 10.8 Å². The quantitative estimate of drug-likeness (QED) is 0.141. The molecule has 0 atom stereocenters. The Morgan fingerprint density at radius 2 is 0.478 bits per heavy atom. The summed E-state index contributed by atoms with van der Waals surface area (Å²) in [6.45, 7) is 0. The van der Waals surface area contributed by atoms with Crippen LogP contribution in [0.4, 0.5) is 0 Å². The van der Waals surface area contributed by atoms with Gasteiger partial charge in [-0.1, -0.05) is 255 Å². The molecule has 0 saturated heterocycles. The van der Waals surface area contributed by atoms with E-state index >= 15 is 0 Å². The predicted molar refractivity (Wildman–Crippen MR) is 384 cm³/mol. The van der Waals surface area contributed by atoms with Crippen LogP contribution in [-0.2, 0) is 10.8 Å². The molecule has 2 aromatic heterocycles. The van der Waals surface area contributed by atoms with Crippen molar-refractivity contribution >= 4 is 67.9 Å². The fourth-order valence-electron chi connectivity index (χ4n) is 17.2. The Hall–Kier alpha value is -11.8. The third-order valence-electron chi connectivity index (χ3n) is 20.9. The molecule has 0 radical (unpaired) electrons.